The number of benzene rings is 1. The summed E-state index contributed by atoms with van der Waals surface area (Å²) in [6, 6.07) is 5.89. The molecule has 21 heavy (non-hydrogen) atoms. The van der Waals surface area contributed by atoms with Crippen molar-refractivity contribution in [3.05, 3.63) is 23.8 Å². The standard InChI is InChI=1S/C16H18N2O3/c1-20-14(19)11-4-5-12-13(8-11)21-15(17-12)18-9-16(10-18)6-2-3-7-16/h4-5,8H,2-3,6-7,9-10H2,1H3. The number of rotatable bonds is 2. The first kappa shape index (κ1) is 12.7. The highest BCUT2D eigenvalue weighted by molar-refractivity contribution is 5.93. The van der Waals surface area contributed by atoms with Gasteiger partial charge in [0, 0.05) is 18.5 Å². The second-order valence-corrected chi connectivity index (χ2v) is 6.23. The molecular formula is C16H18N2O3. The summed E-state index contributed by atoms with van der Waals surface area (Å²) >= 11 is 0. The van der Waals surface area contributed by atoms with E-state index in [9.17, 15) is 4.79 Å². The van der Waals surface area contributed by atoms with E-state index >= 15 is 0 Å². The lowest BCUT2D eigenvalue weighted by atomic mass is 9.79. The van der Waals surface area contributed by atoms with Gasteiger partial charge in [0.05, 0.1) is 12.7 Å². The highest BCUT2D eigenvalue weighted by atomic mass is 16.5. The zero-order valence-corrected chi connectivity index (χ0v) is 12.1. The number of methoxy groups -OCH3 is 1. The van der Waals surface area contributed by atoms with E-state index in [0.717, 1.165) is 18.6 Å². The van der Waals surface area contributed by atoms with E-state index in [-0.39, 0.29) is 5.97 Å². The molecular weight excluding hydrogens is 268 g/mol. The van der Waals surface area contributed by atoms with Crippen molar-refractivity contribution >= 4 is 23.1 Å². The van der Waals surface area contributed by atoms with Crippen molar-refractivity contribution in [2.75, 3.05) is 25.1 Å². The number of carbonyl (C=O) groups excluding carboxylic acids is 1. The Kier molecular flexibility index (Phi) is 2.71. The molecule has 0 bridgehead atoms. The van der Waals surface area contributed by atoms with Gasteiger partial charge in [-0.2, -0.15) is 4.98 Å². The van der Waals surface area contributed by atoms with Gasteiger partial charge >= 0.3 is 5.97 Å². The SMILES string of the molecule is COC(=O)c1ccc2nc(N3CC4(CCCC4)C3)oc2c1. The monoisotopic (exact) mass is 286 g/mol. The summed E-state index contributed by atoms with van der Waals surface area (Å²) in [5.74, 6) is -0.358. The maximum atomic E-state index is 11.5. The van der Waals surface area contributed by atoms with Crippen LogP contribution in [0.15, 0.2) is 22.6 Å². The lowest BCUT2D eigenvalue weighted by molar-refractivity contribution is 0.0601. The van der Waals surface area contributed by atoms with E-state index in [1.165, 1.54) is 32.8 Å². The van der Waals surface area contributed by atoms with Crippen LogP contribution in [0.1, 0.15) is 36.0 Å². The number of anilines is 1. The van der Waals surface area contributed by atoms with Crippen molar-refractivity contribution in [1.82, 2.24) is 4.98 Å². The largest absolute Gasteiger partial charge is 0.465 e. The Balaban J connectivity index is 1.58. The summed E-state index contributed by atoms with van der Waals surface area (Å²) in [4.78, 5) is 18.3. The van der Waals surface area contributed by atoms with Crippen LogP contribution in [0.25, 0.3) is 11.1 Å². The molecule has 110 valence electrons. The second kappa shape index (κ2) is 4.48. The molecule has 0 N–H and O–H groups in total. The molecule has 5 nitrogen and oxygen atoms in total. The van der Waals surface area contributed by atoms with Crippen molar-refractivity contribution in [3.63, 3.8) is 0 Å². The van der Waals surface area contributed by atoms with Crippen LogP contribution in [0.5, 0.6) is 0 Å². The third-order valence-electron chi connectivity index (χ3n) is 4.79. The van der Waals surface area contributed by atoms with E-state index in [4.69, 9.17) is 9.15 Å². The predicted molar refractivity (Wildman–Crippen MR) is 78.5 cm³/mol. The molecule has 0 amide bonds. The molecule has 0 unspecified atom stereocenters. The summed E-state index contributed by atoms with van der Waals surface area (Å²) in [6.07, 6.45) is 5.36. The smallest absolute Gasteiger partial charge is 0.337 e. The Morgan fingerprint density at radius 3 is 2.81 bits per heavy atom. The van der Waals surface area contributed by atoms with Gasteiger partial charge in [-0.3, -0.25) is 0 Å². The third-order valence-corrected chi connectivity index (χ3v) is 4.79. The zero-order valence-electron chi connectivity index (χ0n) is 12.1. The van der Waals surface area contributed by atoms with Crippen molar-refractivity contribution in [2.24, 2.45) is 5.41 Å². The Bertz CT molecular complexity index is 693. The molecule has 1 aliphatic carbocycles. The topological polar surface area (TPSA) is 55.6 Å². The molecule has 2 aliphatic rings. The Labute approximate surface area is 122 Å². The van der Waals surface area contributed by atoms with Gasteiger partial charge in [0.15, 0.2) is 5.58 Å². The van der Waals surface area contributed by atoms with Gasteiger partial charge in [0.2, 0.25) is 0 Å². The number of ether oxygens (including phenoxy) is 1. The molecule has 1 aromatic heterocycles. The molecule has 0 atom stereocenters. The van der Waals surface area contributed by atoms with Gasteiger partial charge in [-0.05, 0) is 31.0 Å². The molecule has 0 radical (unpaired) electrons. The maximum absolute atomic E-state index is 11.5. The third kappa shape index (κ3) is 1.99. The summed E-state index contributed by atoms with van der Waals surface area (Å²) < 4.78 is 10.5. The first-order chi connectivity index (χ1) is 10.2. The zero-order chi connectivity index (χ0) is 14.4. The van der Waals surface area contributed by atoms with Crippen LogP contribution in [-0.4, -0.2) is 31.2 Å². The van der Waals surface area contributed by atoms with Crippen LogP contribution >= 0.6 is 0 Å². The first-order valence-electron chi connectivity index (χ1n) is 7.43. The minimum atomic E-state index is -0.358. The van der Waals surface area contributed by atoms with Gasteiger partial charge in [-0.15, -0.1) is 0 Å². The summed E-state index contributed by atoms with van der Waals surface area (Å²) in [6.45, 7) is 2.09. The predicted octanol–water partition coefficient (Wildman–Crippen LogP) is 2.99. The fraction of sp³-hybridized carbons (Fsp3) is 0.500. The van der Waals surface area contributed by atoms with Gasteiger partial charge in [-0.1, -0.05) is 12.8 Å². The van der Waals surface area contributed by atoms with Gasteiger partial charge in [0.1, 0.15) is 5.52 Å². The van der Waals surface area contributed by atoms with E-state index in [2.05, 4.69) is 9.88 Å². The van der Waals surface area contributed by atoms with Crippen molar-refractivity contribution in [1.29, 1.82) is 0 Å². The van der Waals surface area contributed by atoms with Crippen LogP contribution in [0.4, 0.5) is 6.01 Å². The number of oxazole rings is 1. The van der Waals surface area contributed by atoms with Crippen LogP contribution in [0, 0.1) is 5.41 Å². The molecule has 1 aliphatic heterocycles. The van der Waals surface area contributed by atoms with Crippen LogP contribution < -0.4 is 4.90 Å². The number of nitrogens with zero attached hydrogens (tertiary/aromatic N) is 2. The quantitative estimate of drug-likeness (QED) is 0.794. The first-order valence-corrected chi connectivity index (χ1v) is 7.43. The highest BCUT2D eigenvalue weighted by Gasteiger charge is 2.46. The molecule has 2 aromatic rings. The van der Waals surface area contributed by atoms with Crippen LogP contribution in [0.3, 0.4) is 0 Å². The molecule has 2 fully saturated rings. The van der Waals surface area contributed by atoms with Crippen molar-refractivity contribution in [2.45, 2.75) is 25.7 Å². The summed E-state index contributed by atoms with van der Waals surface area (Å²) in [7, 11) is 1.37. The van der Waals surface area contributed by atoms with Gasteiger partial charge in [-0.25, -0.2) is 4.79 Å². The average molecular weight is 286 g/mol. The molecule has 1 aromatic carbocycles. The molecule has 1 saturated carbocycles. The van der Waals surface area contributed by atoms with Crippen LogP contribution in [0.2, 0.25) is 0 Å². The lowest BCUT2D eigenvalue weighted by Crippen LogP contribution is -2.55. The molecule has 1 saturated heterocycles. The Morgan fingerprint density at radius 2 is 2.10 bits per heavy atom. The van der Waals surface area contributed by atoms with E-state index in [0.29, 0.717) is 22.6 Å². The van der Waals surface area contributed by atoms with Crippen LogP contribution in [-0.2, 0) is 4.74 Å². The molecule has 1 spiro atoms. The average Bonchev–Trinajstić information content (AvgIpc) is 3.10. The normalized spacial score (nSPS) is 20.0. The van der Waals surface area contributed by atoms with Gasteiger partial charge in [0.25, 0.3) is 6.01 Å². The molecule has 4 rings (SSSR count). The summed E-state index contributed by atoms with van der Waals surface area (Å²) in [5, 5.41) is 0. The van der Waals surface area contributed by atoms with E-state index in [1.807, 2.05) is 0 Å². The van der Waals surface area contributed by atoms with Gasteiger partial charge < -0.3 is 14.1 Å². The fourth-order valence-electron chi connectivity index (χ4n) is 3.63. The van der Waals surface area contributed by atoms with Crippen molar-refractivity contribution < 1.29 is 13.9 Å². The minimum absolute atomic E-state index is 0.358. The second-order valence-electron chi connectivity index (χ2n) is 6.23. The maximum Gasteiger partial charge on any atom is 0.337 e. The minimum Gasteiger partial charge on any atom is -0.465 e. The number of hydrogen-bond donors (Lipinski definition) is 0. The Hall–Kier alpha value is -2.04. The Morgan fingerprint density at radius 1 is 1.33 bits per heavy atom. The van der Waals surface area contributed by atoms with E-state index in [1.54, 1.807) is 18.2 Å². The summed E-state index contributed by atoms with van der Waals surface area (Å²) in [5.41, 5.74) is 2.42. The molecule has 2 heterocycles. The number of aromatic nitrogens is 1. The fourth-order valence-corrected chi connectivity index (χ4v) is 3.63. The van der Waals surface area contributed by atoms with E-state index < -0.39 is 0 Å². The number of fused-ring (bicyclic) bond motifs is 1. The number of esters is 1. The number of carbonyl (C=O) groups is 1. The highest BCUT2D eigenvalue weighted by Crippen LogP contribution is 2.47. The molecule has 5 heteroatoms. The lowest BCUT2D eigenvalue weighted by Gasteiger charge is -2.47. The number of hydrogen-bond acceptors (Lipinski definition) is 5. The van der Waals surface area contributed by atoms with Crippen molar-refractivity contribution in [3.8, 4) is 0 Å².